The summed E-state index contributed by atoms with van der Waals surface area (Å²) in [5.74, 6) is 2.24. The molecule has 0 aliphatic carbocycles. The van der Waals surface area contributed by atoms with Gasteiger partial charge in [-0.05, 0) is 44.4 Å². The maximum atomic E-state index is 12.9. The van der Waals surface area contributed by atoms with Crippen LogP contribution in [0.4, 0.5) is 5.82 Å². The van der Waals surface area contributed by atoms with Gasteiger partial charge in [0.25, 0.3) is 0 Å². The molecule has 1 aromatic heterocycles. The Balaban J connectivity index is 1.72. The maximum absolute atomic E-state index is 12.9. The van der Waals surface area contributed by atoms with E-state index in [2.05, 4.69) is 10.1 Å². The van der Waals surface area contributed by atoms with Crippen molar-refractivity contribution in [2.24, 2.45) is 0 Å². The van der Waals surface area contributed by atoms with Crippen LogP contribution >= 0.6 is 0 Å². The highest BCUT2D eigenvalue weighted by Crippen LogP contribution is 2.42. The van der Waals surface area contributed by atoms with Crippen LogP contribution in [0.2, 0.25) is 0 Å². The van der Waals surface area contributed by atoms with Crippen molar-refractivity contribution in [2.75, 3.05) is 18.1 Å². The molecule has 0 unspecified atom stereocenters. The molecule has 0 N–H and O–H groups in total. The standard InChI is InChI=1S/C18H21N3O3/c1-3-23-14-8-6-13(7-9-14)17-20-10-4-5-15(20)18(22)21(17)16-11-12(2)24-19-16/h6-9,11,15,17H,3-5,10H2,1-2H3/t15-,17+/m0/s1. The Morgan fingerprint density at radius 1 is 1.33 bits per heavy atom. The van der Waals surface area contributed by atoms with E-state index in [4.69, 9.17) is 9.26 Å². The van der Waals surface area contributed by atoms with Gasteiger partial charge in [0.05, 0.1) is 12.6 Å². The second-order valence-electron chi connectivity index (χ2n) is 6.28. The third kappa shape index (κ3) is 2.38. The largest absolute Gasteiger partial charge is 0.494 e. The Kier molecular flexibility index (Phi) is 3.76. The molecule has 0 bridgehead atoms. The number of anilines is 1. The third-order valence-corrected chi connectivity index (χ3v) is 4.73. The van der Waals surface area contributed by atoms with Crippen LogP contribution in [0, 0.1) is 6.92 Å². The first-order valence-corrected chi connectivity index (χ1v) is 8.44. The van der Waals surface area contributed by atoms with E-state index in [-0.39, 0.29) is 18.1 Å². The molecule has 2 fully saturated rings. The first-order valence-electron chi connectivity index (χ1n) is 8.44. The summed E-state index contributed by atoms with van der Waals surface area (Å²) >= 11 is 0. The summed E-state index contributed by atoms with van der Waals surface area (Å²) in [7, 11) is 0. The summed E-state index contributed by atoms with van der Waals surface area (Å²) in [6, 6.07) is 9.74. The van der Waals surface area contributed by atoms with Gasteiger partial charge >= 0.3 is 0 Å². The molecular formula is C18H21N3O3. The highest BCUT2D eigenvalue weighted by Gasteiger charge is 2.50. The Morgan fingerprint density at radius 3 is 2.79 bits per heavy atom. The lowest BCUT2D eigenvalue weighted by Gasteiger charge is -2.28. The summed E-state index contributed by atoms with van der Waals surface area (Å²) in [6.45, 7) is 5.36. The van der Waals surface area contributed by atoms with Gasteiger partial charge in [-0.25, -0.2) is 0 Å². The summed E-state index contributed by atoms with van der Waals surface area (Å²) in [6.07, 6.45) is 1.82. The van der Waals surface area contributed by atoms with E-state index in [0.717, 1.165) is 30.7 Å². The second kappa shape index (κ2) is 5.94. The van der Waals surface area contributed by atoms with Gasteiger partial charge in [-0.15, -0.1) is 0 Å². The molecule has 24 heavy (non-hydrogen) atoms. The lowest BCUT2D eigenvalue weighted by Crippen LogP contribution is -2.32. The van der Waals surface area contributed by atoms with E-state index < -0.39 is 0 Å². The van der Waals surface area contributed by atoms with Crippen molar-refractivity contribution < 1.29 is 14.1 Å². The number of nitrogens with zero attached hydrogens (tertiary/aromatic N) is 3. The van der Waals surface area contributed by atoms with Crippen molar-refractivity contribution in [1.29, 1.82) is 0 Å². The van der Waals surface area contributed by atoms with Crippen LogP contribution in [-0.4, -0.2) is 35.2 Å². The normalized spacial score (nSPS) is 23.8. The fourth-order valence-corrected chi connectivity index (χ4v) is 3.72. The number of rotatable bonds is 4. The minimum atomic E-state index is -0.134. The fourth-order valence-electron chi connectivity index (χ4n) is 3.72. The van der Waals surface area contributed by atoms with Crippen LogP contribution in [-0.2, 0) is 4.79 Å². The van der Waals surface area contributed by atoms with Gasteiger partial charge in [0.1, 0.15) is 17.7 Å². The first kappa shape index (κ1) is 15.2. The lowest BCUT2D eigenvalue weighted by molar-refractivity contribution is -0.119. The summed E-state index contributed by atoms with van der Waals surface area (Å²) in [4.78, 5) is 17.0. The van der Waals surface area contributed by atoms with E-state index in [1.807, 2.05) is 44.2 Å². The highest BCUT2D eigenvalue weighted by molar-refractivity contribution is 5.99. The van der Waals surface area contributed by atoms with Gasteiger partial charge in [0, 0.05) is 12.6 Å². The first-order chi connectivity index (χ1) is 11.7. The Hall–Kier alpha value is -2.34. The molecule has 2 aliphatic rings. The van der Waals surface area contributed by atoms with Crippen molar-refractivity contribution >= 4 is 11.7 Å². The number of benzene rings is 1. The van der Waals surface area contributed by atoms with Crippen molar-refractivity contribution in [3.8, 4) is 5.75 Å². The van der Waals surface area contributed by atoms with Crippen LogP contribution < -0.4 is 9.64 Å². The molecule has 0 spiro atoms. The van der Waals surface area contributed by atoms with E-state index in [1.165, 1.54) is 0 Å². The molecule has 0 radical (unpaired) electrons. The van der Waals surface area contributed by atoms with Crippen LogP contribution in [0.3, 0.4) is 0 Å². The smallest absolute Gasteiger partial charge is 0.247 e. The zero-order chi connectivity index (χ0) is 16.7. The number of ether oxygens (including phenoxy) is 1. The van der Waals surface area contributed by atoms with Crippen molar-refractivity contribution in [2.45, 2.75) is 38.9 Å². The molecule has 0 saturated carbocycles. The number of hydrogen-bond donors (Lipinski definition) is 0. The second-order valence-corrected chi connectivity index (χ2v) is 6.28. The molecule has 2 atom stereocenters. The molecule has 4 rings (SSSR count). The summed E-state index contributed by atoms with van der Waals surface area (Å²) in [5.41, 5.74) is 1.07. The molecule has 6 heteroatoms. The van der Waals surface area contributed by atoms with E-state index >= 15 is 0 Å². The van der Waals surface area contributed by atoms with Gasteiger partial charge < -0.3 is 9.26 Å². The zero-order valence-electron chi connectivity index (χ0n) is 13.9. The number of fused-ring (bicyclic) bond motifs is 1. The molecule has 2 saturated heterocycles. The molecule has 1 amide bonds. The molecule has 126 valence electrons. The minimum Gasteiger partial charge on any atom is -0.494 e. The van der Waals surface area contributed by atoms with Crippen molar-refractivity contribution in [1.82, 2.24) is 10.1 Å². The molecule has 3 heterocycles. The Bertz CT molecular complexity index is 740. The number of hydrogen-bond acceptors (Lipinski definition) is 5. The van der Waals surface area contributed by atoms with Crippen LogP contribution in [0.1, 0.15) is 37.3 Å². The van der Waals surface area contributed by atoms with Gasteiger partial charge in [0.15, 0.2) is 5.82 Å². The van der Waals surface area contributed by atoms with Gasteiger partial charge in [0.2, 0.25) is 5.91 Å². The number of aryl methyl sites for hydroxylation is 1. The highest BCUT2D eigenvalue weighted by atomic mass is 16.5. The number of carbonyl (C=O) groups is 1. The topological polar surface area (TPSA) is 58.8 Å². The molecule has 1 aromatic carbocycles. The van der Waals surface area contributed by atoms with Crippen LogP contribution in [0.5, 0.6) is 5.75 Å². The van der Waals surface area contributed by atoms with Crippen LogP contribution in [0.25, 0.3) is 0 Å². The van der Waals surface area contributed by atoms with Crippen molar-refractivity contribution in [3.05, 3.63) is 41.7 Å². The van der Waals surface area contributed by atoms with Gasteiger partial charge in [-0.3, -0.25) is 14.6 Å². The SMILES string of the molecule is CCOc1ccc([C@H]2N(c3cc(C)on3)C(=O)[C@@H]3CCCN32)cc1. The predicted octanol–water partition coefficient (Wildman–Crippen LogP) is 2.89. The van der Waals surface area contributed by atoms with E-state index in [9.17, 15) is 4.79 Å². The van der Waals surface area contributed by atoms with E-state index in [0.29, 0.717) is 18.2 Å². The predicted molar refractivity (Wildman–Crippen MR) is 88.8 cm³/mol. The average molecular weight is 327 g/mol. The van der Waals surface area contributed by atoms with Gasteiger partial charge in [-0.1, -0.05) is 17.3 Å². The third-order valence-electron chi connectivity index (χ3n) is 4.73. The van der Waals surface area contributed by atoms with E-state index in [1.54, 1.807) is 4.90 Å². The summed E-state index contributed by atoms with van der Waals surface area (Å²) in [5, 5.41) is 4.08. The Morgan fingerprint density at radius 2 is 2.12 bits per heavy atom. The fraction of sp³-hybridized carbons (Fsp3) is 0.444. The molecule has 6 nitrogen and oxygen atoms in total. The van der Waals surface area contributed by atoms with Crippen molar-refractivity contribution in [3.63, 3.8) is 0 Å². The lowest BCUT2D eigenvalue weighted by atomic mass is 10.1. The number of aromatic nitrogens is 1. The summed E-state index contributed by atoms with van der Waals surface area (Å²) < 4.78 is 10.7. The van der Waals surface area contributed by atoms with Crippen LogP contribution in [0.15, 0.2) is 34.9 Å². The quantitative estimate of drug-likeness (QED) is 0.864. The molecular weight excluding hydrogens is 306 g/mol. The monoisotopic (exact) mass is 327 g/mol. The molecule has 2 aliphatic heterocycles. The number of carbonyl (C=O) groups excluding carboxylic acids is 1. The van der Waals surface area contributed by atoms with Gasteiger partial charge in [-0.2, -0.15) is 0 Å². The average Bonchev–Trinajstić information content (AvgIpc) is 3.26. The minimum absolute atomic E-state index is 0.0569. The zero-order valence-corrected chi connectivity index (χ0v) is 13.9. The number of amides is 1. The Labute approximate surface area is 141 Å². The molecule has 2 aromatic rings. The maximum Gasteiger partial charge on any atom is 0.247 e.